The van der Waals surface area contributed by atoms with Crippen LogP contribution in [-0.4, -0.2) is 4.57 Å². The van der Waals surface area contributed by atoms with E-state index in [1.54, 1.807) is 0 Å². The largest absolute Gasteiger partial charge is 0.311 e. The van der Waals surface area contributed by atoms with Gasteiger partial charge in [-0.1, -0.05) is 255 Å². The molecule has 1 heterocycles. The van der Waals surface area contributed by atoms with Gasteiger partial charge in [0.2, 0.25) is 0 Å². The molecule has 1 aliphatic rings. The van der Waals surface area contributed by atoms with Gasteiger partial charge in [0, 0.05) is 33.4 Å². The predicted octanol–water partition coefficient (Wildman–Crippen LogP) is 20.4. The van der Waals surface area contributed by atoms with Gasteiger partial charge in [0.25, 0.3) is 0 Å². The first-order valence-electron chi connectivity index (χ1n) is 27.3. The van der Waals surface area contributed by atoms with Gasteiger partial charge < -0.3 is 9.47 Å². The van der Waals surface area contributed by atoms with Crippen molar-refractivity contribution in [1.29, 1.82) is 0 Å². The van der Waals surface area contributed by atoms with Crippen LogP contribution in [0.15, 0.2) is 315 Å². The van der Waals surface area contributed by atoms with E-state index < -0.39 is 5.41 Å². The zero-order chi connectivity index (χ0) is 52.3. The molecular formula is C77H52N2. The predicted molar refractivity (Wildman–Crippen MR) is 332 cm³/mol. The maximum atomic E-state index is 2.45. The molecule has 0 spiro atoms. The van der Waals surface area contributed by atoms with Crippen LogP contribution in [0, 0.1) is 0 Å². The molecule has 13 aromatic carbocycles. The first-order chi connectivity index (χ1) is 39.2. The zero-order valence-corrected chi connectivity index (χ0v) is 43.4. The molecule has 79 heavy (non-hydrogen) atoms. The summed E-state index contributed by atoms with van der Waals surface area (Å²) in [6.45, 7) is 0. The minimum atomic E-state index is -0.465. The van der Waals surface area contributed by atoms with E-state index in [1.807, 2.05) is 0 Å². The average Bonchev–Trinajstić information content (AvgIpc) is 4.07. The van der Waals surface area contributed by atoms with E-state index in [0.717, 1.165) is 22.6 Å². The molecule has 14 aromatic rings. The van der Waals surface area contributed by atoms with E-state index >= 15 is 0 Å². The van der Waals surface area contributed by atoms with Crippen molar-refractivity contribution in [3.8, 4) is 61.3 Å². The van der Waals surface area contributed by atoms with Crippen LogP contribution in [0.4, 0.5) is 17.1 Å². The van der Waals surface area contributed by atoms with Gasteiger partial charge in [-0.05, 0) is 144 Å². The van der Waals surface area contributed by atoms with Gasteiger partial charge in [0.1, 0.15) is 0 Å². The first kappa shape index (κ1) is 46.1. The Morgan fingerprint density at radius 1 is 0.253 bits per heavy atom. The molecule has 0 bridgehead atoms. The Balaban J connectivity index is 0.790. The summed E-state index contributed by atoms with van der Waals surface area (Å²) in [7, 11) is 0. The highest BCUT2D eigenvalue weighted by molar-refractivity contribution is 6.10. The van der Waals surface area contributed by atoms with Crippen LogP contribution in [0.25, 0.3) is 93.9 Å². The molecule has 0 aliphatic heterocycles. The fourth-order valence-corrected chi connectivity index (χ4v) is 12.9. The SMILES string of the molecule is c1ccc(C2(c3ccccc3)c3ccccc3-c3ccc(-c4ccc(N(c5ccc(-c6ccc(-c7ccccc7-n7c8ccccc8c8ccccc87)cc6)cc5)c5ccc(-c6cccc7ccccc67)cc5)cc4)cc32)cc1. The summed E-state index contributed by atoms with van der Waals surface area (Å²) in [4.78, 5) is 2.38. The summed E-state index contributed by atoms with van der Waals surface area (Å²) in [5.74, 6) is 0. The van der Waals surface area contributed by atoms with Gasteiger partial charge >= 0.3 is 0 Å². The Labute approximate surface area is 461 Å². The maximum Gasteiger partial charge on any atom is 0.0713 e. The second-order valence-electron chi connectivity index (χ2n) is 20.8. The number of anilines is 3. The summed E-state index contributed by atoms with van der Waals surface area (Å²) in [5, 5.41) is 5.01. The molecule has 0 radical (unpaired) electrons. The molecule has 0 unspecified atom stereocenters. The van der Waals surface area contributed by atoms with E-state index in [2.05, 4.69) is 325 Å². The van der Waals surface area contributed by atoms with Crippen LogP contribution in [0.5, 0.6) is 0 Å². The Bertz CT molecular complexity index is 4460. The van der Waals surface area contributed by atoms with Crippen LogP contribution >= 0.6 is 0 Å². The minimum absolute atomic E-state index is 0.465. The Kier molecular flexibility index (Phi) is 11.1. The lowest BCUT2D eigenvalue weighted by Crippen LogP contribution is -2.28. The number of hydrogen-bond donors (Lipinski definition) is 0. The molecular weight excluding hydrogens is 953 g/mol. The van der Waals surface area contributed by atoms with Crippen LogP contribution in [0.3, 0.4) is 0 Å². The summed E-state index contributed by atoms with van der Waals surface area (Å²) in [6, 6.07) is 116. The second-order valence-corrected chi connectivity index (χ2v) is 20.8. The average molecular weight is 1010 g/mol. The molecule has 370 valence electrons. The van der Waals surface area contributed by atoms with Gasteiger partial charge in [-0.25, -0.2) is 0 Å². The number of aromatic nitrogens is 1. The van der Waals surface area contributed by atoms with E-state index in [1.165, 1.54) is 111 Å². The van der Waals surface area contributed by atoms with E-state index in [-0.39, 0.29) is 0 Å². The first-order valence-corrected chi connectivity index (χ1v) is 27.3. The van der Waals surface area contributed by atoms with Crippen LogP contribution in [-0.2, 0) is 5.41 Å². The van der Waals surface area contributed by atoms with Crippen molar-refractivity contribution >= 4 is 49.6 Å². The molecule has 0 atom stereocenters. The maximum absolute atomic E-state index is 2.45. The summed E-state index contributed by atoms with van der Waals surface area (Å²) >= 11 is 0. The minimum Gasteiger partial charge on any atom is -0.311 e. The topological polar surface area (TPSA) is 8.17 Å². The van der Waals surface area contributed by atoms with Crippen molar-refractivity contribution in [2.24, 2.45) is 0 Å². The third-order valence-electron chi connectivity index (χ3n) is 16.5. The van der Waals surface area contributed by atoms with Crippen molar-refractivity contribution in [3.05, 3.63) is 338 Å². The fraction of sp³-hybridized carbons (Fsp3) is 0.0130. The Hall–Kier alpha value is -10.3. The molecule has 15 rings (SSSR count). The number of benzene rings is 13. The quantitative estimate of drug-likeness (QED) is 0.133. The third-order valence-corrected chi connectivity index (χ3v) is 16.5. The molecule has 1 aromatic heterocycles. The van der Waals surface area contributed by atoms with Gasteiger partial charge in [0.05, 0.1) is 22.1 Å². The molecule has 2 nitrogen and oxygen atoms in total. The van der Waals surface area contributed by atoms with Crippen LogP contribution in [0.1, 0.15) is 22.3 Å². The van der Waals surface area contributed by atoms with Crippen molar-refractivity contribution in [2.75, 3.05) is 4.90 Å². The molecule has 0 amide bonds. The molecule has 0 N–H and O–H groups in total. The van der Waals surface area contributed by atoms with Crippen LogP contribution in [0.2, 0.25) is 0 Å². The Morgan fingerprint density at radius 3 is 1.28 bits per heavy atom. The van der Waals surface area contributed by atoms with Crippen molar-refractivity contribution < 1.29 is 0 Å². The van der Waals surface area contributed by atoms with Gasteiger partial charge in [0.15, 0.2) is 0 Å². The number of para-hydroxylation sites is 3. The number of rotatable bonds is 10. The second kappa shape index (κ2) is 19.1. The van der Waals surface area contributed by atoms with Crippen LogP contribution < -0.4 is 4.90 Å². The highest BCUT2D eigenvalue weighted by atomic mass is 15.1. The monoisotopic (exact) mass is 1000 g/mol. The molecule has 0 saturated heterocycles. The molecule has 1 aliphatic carbocycles. The standard InChI is InChI=1S/C77H52N2/c1-3-20-60(21-4-1)77(61-22-5-2-6-23-61)72-30-13-9-26-68(72)69-51-44-59(52-73(69)77)55-40-47-63(48-41-55)78(64-49-42-57(43-50-64)66-29-17-19-56-18-7-8-24-65(56)66)62-45-38-54(39-46-62)53-34-36-58(37-35-53)67-25-10-14-31-74(67)79-75-32-15-11-27-70(75)71-28-12-16-33-76(71)79/h1-52H. The highest BCUT2D eigenvalue weighted by Crippen LogP contribution is 2.57. The molecule has 0 saturated carbocycles. The van der Waals surface area contributed by atoms with Crippen molar-refractivity contribution in [3.63, 3.8) is 0 Å². The lowest BCUT2D eigenvalue weighted by atomic mass is 9.67. The van der Waals surface area contributed by atoms with E-state index in [4.69, 9.17) is 0 Å². The number of hydrogen-bond acceptors (Lipinski definition) is 1. The molecule has 2 heteroatoms. The zero-order valence-electron chi connectivity index (χ0n) is 43.4. The summed E-state index contributed by atoms with van der Waals surface area (Å²) < 4.78 is 2.41. The lowest BCUT2D eigenvalue weighted by molar-refractivity contribution is 0.769. The number of nitrogens with zero attached hydrogens (tertiary/aromatic N) is 2. The summed E-state index contributed by atoms with van der Waals surface area (Å²) in [6.07, 6.45) is 0. The number of fused-ring (bicyclic) bond motifs is 7. The van der Waals surface area contributed by atoms with Crippen molar-refractivity contribution in [1.82, 2.24) is 4.57 Å². The van der Waals surface area contributed by atoms with Gasteiger partial charge in [-0.2, -0.15) is 0 Å². The fourth-order valence-electron chi connectivity index (χ4n) is 12.9. The Morgan fingerprint density at radius 2 is 0.658 bits per heavy atom. The van der Waals surface area contributed by atoms with E-state index in [9.17, 15) is 0 Å². The van der Waals surface area contributed by atoms with Gasteiger partial charge in [-0.3, -0.25) is 0 Å². The van der Waals surface area contributed by atoms with E-state index in [0.29, 0.717) is 0 Å². The smallest absolute Gasteiger partial charge is 0.0713 e. The van der Waals surface area contributed by atoms with Crippen molar-refractivity contribution in [2.45, 2.75) is 5.41 Å². The lowest BCUT2D eigenvalue weighted by Gasteiger charge is -2.34. The normalized spacial score (nSPS) is 12.4. The highest BCUT2D eigenvalue weighted by Gasteiger charge is 2.46. The third kappa shape index (κ3) is 7.64. The summed E-state index contributed by atoms with van der Waals surface area (Å²) in [5.41, 5.74) is 23.6. The molecule has 0 fully saturated rings. The van der Waals surface area contributed by atoms with Gasteiger partial charge in [-0.15, -0.1) is 0 Å².